The minimum absolute atomic E-state index is 0.0379. The molecule has 0 radical (unpaired) electrons. The fourth-order valence-corrected chi connectivity index (χ4v) is 11.1. The van der Waals surface area contributed by atoms with Crippen LogP contribution in [0.5, 0.6) is 0 Å². The van der Waals surface area contributed by atoms with Gasteiger partial charge in [0.2, 0.25) is 0 Å². The van der Waals surface area contributed by atoms with E-state index in [4.69, 9.17) is 11.6 Å². The van der Waals surface area contributed by atoms with E-state index in [2.05, 4.69) is 27.7 Å². The summed E-state index contributed by atoms with van der Waals surface area (Å²) in [4.78, 5) is 25.5. The summed E-state index contributed by atoms with van der Waals surface area (Å²) in [7, 11) is 0. The monoisotopic (exact) mass is 552 g/mol. The Morgan fingerprint density at radius 1 is 0.921 bits per heavy atom. The minimum atomic E-state index is -1.46. The molecule has 5 rings (SSSR count). The first-order valence-electron chi connectivity index (χ1n) is 14.3. The first kappa shape index (κ1) is 28.4. The quantitative estimate of drug-likeness (QED) is 0.258. The molecule has 3 fully saturated rings. The lowest BCUT2D eigenvalue weighted by Crippen LogP contribution is -2.67. The van der Waals surface area contributed by atoms with Crippen LogP contribution in [0.2, 0.25) is 0 Å². The number of aliphatic hydroxyl groups is 3. The van der Waals surface area contributed by atoms with Crippen LogP contribution in [0, 0.1) is 50.7 Å². The number of carboxylic acids is 2. The number of hydrogen-bond acceptors (Lipinski definition) is 5. The number of fused-ring (bicyclic) bond motifs is 6. The lowest BCUT2D eigenvalue weighted by molar-refractivity contribution is -0.226. The van der Waals surface area contributed by atoms with E-state index in [0.717, 1.165) is 12.0 Å². The Bertz CT molecular complexity index is 1070. The zero-order chi connectivity index (χ0) is 28.2. The van der Waals surface area contributed by atoms with Crippen molar-refractivity contribution in [2.45, 2.75) is 104 Å². The average Bonchev–Trinajstić information content (AvgIpc) is 2.81. The molecule has 0 heterocycles. The number of allylic oxidation sites excluding steroid dienone is 2. The van der Waals surface area contributed by atoms with Gasteiger partial charge in [0, 0.05) is 5.88 Å². The maximum absolute atomic E-state index is 12.9. The van der Waals surface area contributed by atoms with Crippen LogP contribution >= 0.6 is 11.6 Å². The molecule has 0 aromatic rings. The number of aliphatic carboxylic acids is 2. The smallest absolute Gasteiger partial charge is 0.312 e. The lowest BCUT2D eigenvalue weighted by Gasteiger charge is -2.68. The Labute approximate surface area is 230 Å². The van der Waals surface area contributed by atoms with Gasteiger partial charge in [0.15, 0.2) is 0 Å². The van der Waals surface area contributed by atoms with Crippen molar-refractivity contribution < 1.29 is 35.1 Å². The minimum Gasteiger partial charge on any atom is -0.481 e. The highest BCUT2D eigenvalue weighted by Crippen LogP contribution is 2.72. The van der Waals surface area contributed by atoms with E-state index >= 15 is 0 Å². The van der Waals surface area contributed by atoms with Crippen molar-refractivity contribution in [2.24, 2.45) is 50.7 Å². The summed E-state index contributed by atoms with van der Waals surface area (Å²) in [6.45, 7) is 10.2. The molecule has 11 atom stereocenters. The second-order valence-electron chi connectivity index (χ2n) is 14.9. The van der Waals surface area contributed by atoms with Gasteiger partial charge in [-0.25, -0.2) is 0 Å². The molecule has 5 N–H and O–H groups in total. The molecule has 0 aromatic heterocycles. The van der Waals surface area contributed by atoms with Crippen LogP contribution in [0.1, 0.15) is 86.0 Å². The molecule has 7 nitrogen and oxygen atoms in total. The third-order valence-electron chi connectivity index (χ3n) is 12.6. The number of rotatable bonds is 3. The average molecular weight is 553 g/mol. The molecule has 8 heteroatoms. The van der Waals surface area contributed by atoms with Crippen LogP contribution in [-0.2, 0) is 9.59 Å². The van der Waals surface area contributed by atoms with Gasteiger partial charge in [-0.3, -0.25) is 9.59 Å². The first-order chi connectivity index (χ1) is 17.5. The number of hydrogen-bond donors (Lipinski definition) is 5. The Morgan fingerprint density at radius 3 is 2.16 bits per heavy atom. The predicted octanol–water partition coefficient (Wildman–Crippen LogP) is 4.46. The van der Waals surface area contributed by atoms with E-state index < -0.39 is 46.5 Å². The van der Waals surface area contributed by atoms with E-state index in [0.29, 0.717) is 50.8 Å². The molecule has 5 aliphatic carbocycles. The van der Waals surface area contributed by atoms with Crippen LogP contribution in [0.25, 0.3) is 0 Å². The molecule has 0 aliphatic heterocycles. The molecule has 0 unspecified atom stereocenters. The molecule has 5 aliphatic rings. The van der Waals surface area contributed by atoms with E-state index in [1.165, 1.54) is 5.57 Å². The summed E-state index contributed by atoms with van der Waals surface area (Å²) in [5.41, 5.74) is -1.29. The van der Waals surface area contributed by atoms with Gasteiger partial charge in [-0.1, -0.05) is 38.8 Å². The normalized spacial score (nSPS) is 51.8. The number of aliphatic hydroxyl groups excluding tert-OH is 3. The molecule has 214 valence electrons. The molecule has 0 aromatic carbocycles. The van der Waals surface area contributed by atoms with Crippen molar-refractivity contribution in [3.05, 3.63) is 11.1 Å². The zero-order valence-electron chi connectivity index (χ0n) is 23.3. The summed E-state index contributed by atoms with van der Waals surface area (Å²) in [5, 5.41) is 54.1. The van der Waals surface area contributed by atoms with Gasteiger partial charge in [0.05, 0.1) is 23.7 Å². The van der Waals surface area contributed by atoms with Gasteiger partial charge in [0.1, 0.15) is 5.41 Å². The largest absolute Gasteiger partial charge is 0.481 e. The fraction of sp³-hybridized carbons (Fsp3) is 0.867. The lowest BCUT2D eigenvalue weighted by atomic mass is 9.37. The maximum Gasteiger partial charge on any atom is 0.312 e. The van der Waals surface area contributed by atoms with E-state index in [1.54, 1.807) is 6.92 Å². The molecule has 3 saturated carbocycles. The van der Waals surface area contributed by atoms with Crippen LogP contribution in [-0.4, -0.2) is 61.7 Å². The van der Waals surface area contributed by atoms with Gasteiger partial charge in [-0.05, 0) is 98.2 Å². The third-order valence-corrected chi connectivity index (χ3v) is 13.0. The van der Waals surface area contributed by atoms with Gasteiger partial charge in [-0.2, -0.15) is 0 Å². The molecule has 0 amide bonds. The van der Waals surface area contributed by atoms with Crippen molar-refractivity contribution in [1.82, 2.24) is 0 Å². The van der Waals surface area contributed by atoms with Crippen molar-refractivity contribution in [3.63, 3.8) is 0 Å². The summed E-state index contributed by atoms with van der Waals surface area (Å²) in [6, 6.07) is 0. The van der Waals surface area contributed by atoms with Crippen molar-refractivity contribution in [1.29, 1.82) is 0 Å². The van der Waals surface area contributed by atoms with Gasteiger partial charge in [0.25, 0.3) is 0 Å². The van der Waals surface area contributed by atoms with E-state index in [1.807, 2.05) is 0 Å². The van der Waals surface area contributed by atoms with Crippen LogP contribution < -0.4 is 0 Å². The third kappa shape index (κ3) is 3.43. The van der Waals surface area contributed by atoms with Gasteiger partial charge in [-0.15, -0.1) is 11.6 Å². The van der Waals surface area contributed by atoms with Crippen LogP contribution in [0.3, 0.4) is 0 Å². The maximum atomic E-state index is 12.9. The number of carbonyl (C=O) groups is 2. The van der Waals surface area contributed by atoms with Crippen molar-refractivity contribution >= 4 is 23.5 Å². The number of alkyl halides is 1. The zero-order valence-corrected chi connectivity index (χ0v) is 24.1. The number of halogens is 1. The van der Waals surface area contributed by atoms with Gasteiger partial charge < -0.3 is 25.5 Å². The van der Waals surface area contributed by atoms with Crippen LogP contribution in [0.15, 0.2) is 11.1 Å². The Balaban J connectivity index is 1.67. The molecule has 0 spiro atoms. The highest BCUT2D eigenvalue weighted by atomic mass is 35.5. The standard InChI is InChI=1S/C30H45ClO7/c1-26(2)11-17-22-15(14-31)10-20-27(3,16(22)6-9-30(17,25(37)38)21(33)13-26)8-7-19-28(20,4)12-18(32)23(34)29(19,5)24(35)36/h15,17-21,23,32-34H,6-14H2,1-5H3,(H,35,36)(H,37,38)/t15-,17-,18+,19-,20+,21-,23+,27+,28+,29+,30+/m1/s1. The van der Waals surface area contributed by atoms with Crippen molar-refractivity contribution in [3.8, 4) is 0 Å². The Hall–Kier alpha value is -1.15. The topological polar surface area (TPSA) is 135 Å². The highest BCUT2D eigenvalue weighted by Gasteiger charge is 2.70. The Morgan fingerprint density at radius 2 is 1.58 bits per heavy atom. The molecule has 38 heavy (non-hydrogen) atoms. The summed E-state index contributed by atoms with van der Waals surface area (Å²) in [6.07, 6.45) is 1.09. The van der Waals surface area contributed by atoms with E-state index in [9.17, 15) is 35.1 Å². The molecule has 0 bridgehead atoms. The van der Waals surface area contributed by atoms with E-state index in [-0.39, 0.29) is 34.5 Å². The molecular weight excluding hydrogens is 508 g/mol. The van der Waals surface area contributed by atoms with Crippen molar-refractivity contribution in [2.75, 3.05) is 5.88 Å². The first-order valence-corrected chi connectivity index (χ1v) is 14.8. The summed E-state index contributed by atoms with van der Waals surface area (Å²) >= 11 is 6.69. The highest BCUT2D eigenvalue weighted by molar-refractivity contribution is 6.18. The molecule has 0 saturated heterocycles. The fourth-order valence-electron chi connectivity index (χ4n) is 10.8. The summed E-state index contributed by atoms with van der Waals surface area (Å²) in [5.74, 6) is -2.31. The second kappa shape index (κ2) is 8.67. The SMILES string of the molecule is CC1(C)C[C@@H](O)[C@]2(C(=O)O)CCC3=C([C@@H](CCl)C[C@@H]4[C@@]5(C)C[C@H](O)[C@H](O)[C@@](C)(C(=O)O)[C@@H]5CC[C@@]34C)[C@H]2C1. The second-order valence-corrected chi connectivity index (χ2v) is 15.2. The molecular formula is C30H45ClO7. The Kier molecular flexibility index (Phi) is 6.48. The summed E-state index contributed by atoms with van der Waals surface area (Å²) < 4.78 is 0. The van der Waals surface area contributed by atoms with Crippen LogP contribution in [0.4, 0.5) is 0 Å². The predicted molar refractivity (Wildman–Crippen MR) is 142 cm³/mol. The van der Waals surface area contributed by atoms with Gasteiger partial charge >= 0.3 is 11.9 Å². The number of carboxylic acid groups (broad SMARTS) is 2.